The van der Waals surface area contributed by atoms with Crippen LogP contribution in [0.4, 0.5) is 5.69 Å². The average Bonchev–Trinajstić information content (AvgIpc) is 2.55. The van der Waals surface area contributed by atoms with Gasteiger partial charge in [0.05, 0.1) is 11.3 Å². The van der Waals surface area contributed by atoms with Gasteiger partial charge in [-0.3, -0.25) is 9.59 Å². The Labute approximate surface area is 99.0 Å². The molecule has 1 aliphatic heterocycles. The third-order valence-electron chi connectivity index (χ3n) is 2.64. The second-order valence-corrected chi connectivity index (χ2v) is 4.08. The first-order chi connectivity index (χ1) is 7.75. The maximum absolute atomic E-state index is 11.7. The molecule has 0 fully saturated rings. The number of fused-ring (bicyclic) bond motifs is 1. The van der Waals surface area contributed by atoms with Crippen LogP contribution in [0.25, 0.3) is 0 Å². The number of para-hydroxylation sites is 1. The quantitative estimate of drug-likeness (QED) is 0.458. The van der Waals surface area contributed by atoms with E-state index in [0.717, 1.165) is 18.5 Å². The van der Waals surface area contributed by atoms with E-state index in [1.165, 1.54) is 0 Å². The van der Waals surface area contributed by atoms with Crippen molar-refractivity contribution in [3.63, 3.8) is 0 Å². The molecule has 1 aliphatic rings. The molecule has 0 atom stereocenters. The molecule has 2 rings (SSSR count). The van der Waals surface area contributed by atoms with Crippen LogP contribution in [0.5, 0.6) is 0 Å². The van der Waals surface area contributed by atoms with E-state index in [1.54, 1.807) is 23.1 Å². The fourth-order valence-electron chi connectivity index (χ4n) is 1.83. The Morgan fingerprint density at radius 3 is 2.62 bits per heavy atom. The molecule has 16 heavy (non-hydrogen) atoms. The van der Waals surface area contributed by atoms with Crippen LogP contribution in [0.3, 0.4) is 0 Å². The predicted octanol–water partition coefficient (Wildman–Crippen LogP) is 2.23. The normalized spacial score (nSPS) is 14.4. The molecule has 0 radical (unpaired) electrons. The summed E-state index contributed by atoms with van der Waals surface area (Å²) in [4.78, 5) is 24.9. The number of ketones is 1. The van der Waals surface area contributed by atoms with Gasteiger partial charge in [-0.05, 0) is 25.0 Å². The molecule has 0 N–H and O–H groups in total. The van der Waals surface area contributed by atoms with E-state index < -0.39 is 11.7 Å². The number of hydrogen-bond acceptors (Lipinski definition) is 2. The standard InChI is InChI=1S/C12H12ClNO2/c13-7-3-4-8-14-10-6-2-1-5-9(10)11(15)12(14)16/h1-2,5-6H,3-4,7-8H2. The maximum atomic E-state index is 11.7. The maximum Gasteiger partial charge on any atom is 0.299 e. The summed E-state index contributed by atoms with van der Waals surface area (Å²) in [6, 6.07) is 7.10. The first-order valence-corrected chi connectivity index (χ1v) is 5.80. The molecule has 1 aromatic rings. The van der Waals surface area contributed by atoms with Gasteiger partial charge in [0, 0.05) is 12.4 Å². The minimum absolute atomic E-state index is 0.401. The van der Waals surface area contributed by atoms with Crippen molar-refractivity contribution >= 4 is 29.0 Å². The predicted molar refractivity (Wildman–Crippen MR) is 63.1 cm³/mol. The largest absolute Gasteiger partial charge is 0.305 e. The van der Waals surface area contributed by atoms with Crippen LogP contribution >= 0.6 is 11.6 Å². The van der Waals surface area contributed by atoms with E-state index in [2.05, 4.69) is 0 Å². The zero-order valence-corrected chi connectivity index (χ0v) is 9.54. The summed E-state index contributed by atoms with van der Waals surface area (Å²) in [5, 5.41) is 0. The Bertz CT molecular complexity index is 431. The van der Waals surface area contributed by atoms with Gasteiger partial charge >= 0.3 is 0 Å². The topological polar surface area (TPSA) is 37.4 Å². The molecule has 1 heterocycles. The van der Waals surface area contributed by atoms with Gasteiger partial charge in [-0.25, -0.2) is 0 Å². The lowest BCUT2D eigenvalue weighted by atomic mass is 10.1. The molecule has 0 bridgehead atoms. The number of rotatable bonds is 4. The lowest BCUT2D eigenvalue weighted by Crippen LogP contribution is -2.30. The van der Waals surface area contributed by atoms with Crippen molar-refractivity contribution in [1.82, 2.24) is 0 Å². The number of benzene rings is 1. The van der Waals surface area contributed by atoms with Crippen LogP contribution in [0.15, 0.2) is 24.3 Å². The van der Waals surface area contributed by atoms with Gasteiger partial charge in [-0.15, -0.1) is 11.6 Å². The van der Waals surface area contributed by atoms with Crippen LogP contribution in [-0.2, 0) is 4.79 Å². The number of hydrogen-bond donors (Lipinski definition) is 0. The number of anilines is 1. The van der Waals surface area contributed by atoms with Crippen LogP contribution in [0.1, 0.15) is 23.2 Å². The van der Waals surface area contributed by atoms with Crippen LogP contribution in [0, 0.1) is 0 Å². The molecule has 0 spiro atoms. The number of halogens is 1. The fourth-order valence-corrected chi connectivity index (χ4v) is 2.02. The Kier molecular flexibility index (Phi) is 3.25. The monoisotopic (exact) mass is 237 g/mol. The van der Waals surface area contributed by atoms with E-state index in [9.17, 15) is 9.59 Å². The minimum Gasteiger partial charge on any atom is -0.305 e. The second kappa shape index (κ2) is 4.66. The lowest BCUT2D eigenvalue weighted by Gasteiger charge is -2.15. The zero-order chi connectivity index (χ0) is 11.5. The third kappa shape index (κ3) is 1.83. The van der Waals surface area contributed by atoms with Crippen LogP contribution in [0.2, 0.25) is 0 Å². The number of unbranched alkanes of at least 4 members (excludes halogenated alkanes) is 1. The number of alkyl halides is 1. The van der Waals surface area contributed by atoms with Crippen LogP contribution < -0.4 is 4.90 Å². The highest BCUT2D eigenvalue weighted by atomic mass is 35.5. The molecule has 0 saturated heterocycles. The van der Waals surface area contributed by atoms with Gasteiger partial charge in [0.1, 0.15) is 0 Å². The van der Waals surface area contributed by atoms with Crippen molar-refractivity contribution in [2.45, 2.75) is 12.8 Å². The summed E-state index contributed by atoms with van der Waals surface area (Å²) in [6.07, 6.45) is 1.67. The third-order valence-corrected chi connectivity index (χ3v) is 2.91. The first kappa shape index (κ1) is 11.1. The van der Waals surface area contributed by atoms with E-state index >= 15 is 0 Å². The average molecular weight is 238 g/mol. The number of Topliss-reactive ketones (excluding diaryl/α,β-unsaturated/α-hetero) is 1. The molecule has 1 aromatic carbocycles. The Hall–Kier alpha value is -1.35. The second-order valence-electron chi connectivity index (χ2n) is 3.70. The van der Waals surface area contributed by atoms with Gasteiger partial charge < -0.3 is 4.90 Å². The van der Waals surface area contributed by atoms with E-state index in [1.807, 2.05) is 6.07 Å². The molecule has 0 saturated carbocycles. The molecule has 84 valence electrons. The summed E-state index contributed by atoms with van der Waals surface area (Å²) in [5.74, 6) is -0.241. The van der Waals surface area contributed by atoms with Gasteiger partial charge in [-0.1, -0.05) is 12.1 Å². The smallest absolute Gasteiger partial charge is 0.299 e. The molecule has 4 heteroatoms. The van der Waals surface area contributed by atoms with Crippen molar-refractivity contribution in [3.05, 3.63) is 29.8 Å². The van der Waals surface area contributed by atoms with E-state index in [0.29, 0.717) is 18.0 Å². The van der Waals surface area contributed by atoms with Gasteiger partial charge in [0.2, 0.25) is 0 Å². The highest BCUT2D eigenvalue weighted by Crippen LogP contribution is 2.28. The fraction of sp³-hybridized carbons (Fsp3) is 0.333. The highest BCUT2D eigenvalue weighted by molar-refractivity contribution is 6.52. The van der Waals surface area contributed by atoms with E-state index in [-0.39, 0.29) is 0 Å². The number of nitrogens with zero attached hydrogens (tertiary/aromatic N) is 1. The summed E-state index contributed by atoms with van der Waals surface area (Å²) in [6.45, 7) is 0.564. The van der Waals surface area contributed by atoms with Crippen molar-refractivity contribution in [3.8, 4) is 0 Å². The molecular weight excluding hydrogens is 226 g/mol. The highest BCUT2D eigenvalue weighted by Gasteiger charge is 2.34. The molecule has 3 nitrogen and oxygen atoms in total. The van der Waals surface area contributed by atoms with Crippen molar-refractivity contribution in [1.29, 1.82) is 0 Å². The van der Waals surface area contributed by atoms with E-state index in [4.69, 9.17) is 11.6 Å². The number of carbonyl (C=O) groups is 2. The zero-order valence-electron chi connectivity index (χ0n) is 8.78. The lowest BCUT2D eigenvalue weighted by molar-refractivity contribution is -0.114. The summed E-state index contributed by atoms with van der Waals surface area (Å²) in [5.41, 5.74) is 1.24. The van der Waals surface area contributed by atoms with Crippen molar-refractivity contribution in [2.75, 3.05) is 17.3 Å². The molecule has 1 amide bonds. The number of amides is 1. The number of carbonyl (C=O) groups excluding carboxylic acids is 2. The Morgan fingerprint density at radius 2 is 1.88 bits per heavy atom. The molecule has 0 unspecified atom stereocenters. The summed E-state index contributed by atoms with van der Waals surface area (Å²) in [7, 11) is 0. The molecule has 0 aromatic heterocycles. The first-order valence-electron chi connectivity index (χ1n) is 5.27. The Morgan fingerprint density at radius 1 is 1.12 bits per heavy atom. The van der Waals surface area contributed by atoms with Crippen LogP contribution in [-0.4, -0.2) is 24.1 Å². The van der Waals surface area contributed by atoms with Gasteiger partial charge in [0.25, 0.3) is 11.7 Å². The minimum atomic E-state index is -0.421. The Balaban J connectivity index is 2.20. The molecular formula is C12H12ClNO2. The summed E-state index contributed by atoms with van der Waals surface area (Å²) >= 11 is 5.58. The molecule has 0 aliphatic carbocycles. The SMILES string of the molecule is O=C1C(=O)N(CCCCCl)c2ccccc21. The van der Waals surface area contributed by atoms with Gasteiger partial charge in [-0.2, -0.15) is 0 Å². The van der Waals surface area contributed by atoms with Crippen molar-refractivity contribution < 1.29 is 9.59 Å². The summed E-state index contributed by atoms with van der Waals surface area (Å²) < 4.78 is 0. The van der Waals surface area contributed by atoms with Crippen molar-refractivity contribution in [2.24, 2.45) is 0 Å². The van der Waals surface area contributed by atoms with Gasteiger partial charge in [0.15, 0.2) is 0 Å².